The van der Waals surface area contributed by atoms with Crippen LogP contribution < -0.4 is 0 Å². The zero-order valence-electron chi connectivity index (χ0n) is 11.9. The summed E-state index contributed by atoms with van der Waals surface area (Å²) in [6, 6.07) is 20.1. The highest BCUT2D eigenvalue weighted by molar-refractivity contribution is 5.37. The molecule has 0 radical (unpaired) electrons. The van der Waals surface area contributed by atoms with Gasteiger partial charge in [-0.05, 0) is 31.1 Å². The van der Waals surface area contributed by atoms with Gasteiger partial charge in [-0.25, -0.2) is 0 Å². The van der Waals surface area contributed by atoms with Crippen molar-refractivity contribution in [2.45, 2.75) is 12.0 Å². The van der Waals surface area contributed by atoms with E-state index >= 15 is 0 Å². The summed E-state index contributed by atoms with van der Waals surface area (Å²) in [6.07, 6.45) is 1.02. The number of benzene rings is 2. The first kappa shape index (κ1) is 13.3. The van der Waals surface area contributed by atoms with Crippen LogP contribution in [-0.4, -0.2) is 30.1 Å². The Hall–Kier alpha value is -1.64. The third-order valence-corrected chi connectivity index (χ3v) is 4.41. The zero-order valence-corrected chi connectivity index (χ0v) is 11.9. The lowest BCUT2D eigenvalue weighted by Crippen LogP contribution is -2.37. The molecule has 0 aromatic heterocycles. The number of hydrogen-bond acceptors (Lipinski definition) is 2. The second-order valence-electron chi connectivity index (χ2n) is 5.75. The molecule has 2 nitrogen and oxygen atoms in total. The molecule has 0 unspecified atom stereocenters. The SMILES string of the molecule is CN1CC[C@@H](C(O)(c2ccccc2)c2ccccc2)C1. The summed E-state index contributed by atoms with van der Waals surface area (Å²) in [5, 5.41) is 11.5. The maximum absolute atomic E-state index is 11.5. The van der Waals surface area contributed by atoms with Gasteiger partial charge in [-0.1, -0.05) is 60.7 Å². The summed E-state index contributed by atoms with van der Waals surface area (Å²) in [5.74, 6) is 0.234. The maximum atomic E-state index is 11.5. The van der Waals surface area contributed by atoms with E-state index in [1.807, 2.05) is 60.7 Å². The fourth-order valence-corrected chi connectivity index (χ4v) is 3.30. The van der Waals surface area contributed by atoms with Gasteiger partial charge in [0.15, 0.2) is 0 Å². The molecular formula is C18H21NO. The molecule has 0 saturated carbocycles. The largest absolute Gasteiger partial charge is 0.380 e. The molecule has 0 aliphatic carbocycles. The Balaban J connectivity index is 2.08. The molecule has 20 heavy (non-hydrogen) atoms. The van der Waals surface area contributed by atoms with Crippen molar-refractivity contribution in [3.8, 4) is 0 Å². The summed E-state index contributed by atoms with van der Waals surface area (Å²) < 4.78 is 0. The molecule has 0 spiro atoms. The van der Waals surface area contributed by atoms with Crippen LogP contribution in [0.25, 0.3) is 0 Å². The Bertz CT molecular complexity index is 513. The molecule has 1 N–H and O–H groups in total. The van der Waals surface area contributed by atoms with Gasteiger partial charge in [-0.15, -0.1) is 0 Å². The molecular weight excluding hydrogens is 246 g/mol. The highest BCUT2D eigenvalue weighted by Gasteiger charge is 2.42. The number of likely N-dealkylation sites (tertiary alicyclic amines) is 1. The molecule has 0 bridgehead atoms. The fraction of sp³-hybridized carbons (Fsp3) is 0.333. The van der Waals surface area contributed by atoms with Crippen molar-refractivity contribution in [1.82, 2.24) is 4.90 Å². The monoisotopic (exact) mass is 267 g/mol. The van der Waals surface area contributed by atoms with Gasteiger partial charge in [0.2, 0.25) is 0 Å². The van der Waals surface area contributed by atoms with Gasteiger partial charge in [0.1, 0.15) is 5.60 Å². The molecule has 1 aliphatic heterocycles. The highest BCUT2D eigenvalue weighted by atomic mass is 16.3. The van der Waals surface area contributed by atoms with Crippen molar-refractivity contribution in [3.63, 3.8) is 0 Å². The van der Waals surface area contributed by atoms with Gasteiger partial charge in [-0.2, -0.15) is 0 Å². The van der Waals surface area contributed by atoms with Crippen molar-refractivity contribution in [2.75, 3.05) is 20.1 Å². The van der Waals surface area contributed by atoms with Crippen LogP contribution in [0.1, 0.15) is 17.5 Å². The highest BCUT2D eigenvalue weighted by Crippen LogP contribution is 2.40. The van der Waals surface area contributed by atoms with Crippen LogP contribution in [-0.2, 0) is 5.60 Å². The van der Waals surface area contributed by atoms with E-state index in [2.05, 4.69) is 11.9 Å². The molecule has 2 aromatic carbocycles. The second-order valence-corrected chi connectivity index (χ2v) is 5.75. The van der Waals surface area contributed by atoms with Gasteiger partial charge in [0.05, 0.1) is 0 Å². The molecule has 104 valence electrons. The smallest absolute Gasteiger partial charge is 0.119 e. The van der Waals surface area contributed by atoms with E-state index in [-0.39, 0.29) is 5.92 Å². The maximum Gasteiger partial charge on any atom is 0.119 e. The van der Waals surface area contributed by atoms with Gasteiger partial charge >= 0.3 is 0 Å². The van der Waals surface area contributed by atoms with Crippen LogP contribution in [0.4, 0.5) is 0 Å². The molecule has 1 aliphatic rings. The van der Waals surface area contributed by atoms with E-state index in [1.165, 1.54) is 0 Å². The minimum absolute atomic E-state index is 0.234. The van der Waals surface area contributed by atoms with Crippen LogP contribution >= 0.6 is 0 Å². The molecule has 0 amide bonds. The molecule has 1 heterocycles. The van der Waals surface area contributed by atoms with Crippen LogP contribution in [0.2, 0.25) is 0 Å². The lowest BCUT2D eigenvalue weighted by atomic mass is 9.75. The van der Waals surface area contributed by atoms with Gasteiger partial charge in [0.25, 0.3) is 0 Å². The average molecular weight is 267 g/mol. The predicted molar refractivity (Wildman–Crippen MR) is 81.5 cm³/mol. The Morgan fingerprint density at radius 1 is 0.950 bits per heavy atom. The molecule has 2 aromatic rings. The lowest BCUT2D eigenvalue weighted by Gasteiger charge is -2.35. The van der Waals surface area contributed by atoms with Crippen LogP contribution in [0, 0.1) is 5.92 Å². The predicted octanol–water partition coefficient (Wildman–Crippen LogP) is 2.87. The minimum atomic E-state index is -0.896. The molecule has 2 heteroatoms. The van der Waals surface area contributed by atoms with Crippen LogP contribution in [0.15, 0.2) is 60.7 Å². The van der Waals surface area contributed by atoms with Crippen molar-refractivity contribution in [3.05, 3.63) is 71.8 Å². The Kier molecular flexibility index (Phi) is 3.60. The number of nitrogens with zero attached hydrogens (tertiary/aromatic N) is 1. The minimum Gasteiger partial charge on any atom is -0.380 e. The normalized spacial score (nSPS) is 20.2. The first-order valence-corrected chi connectivity index (χ1v) is 7.23. The Morgan fingerprint density at radius 2 is 1.45 bits per heavy atom. The Morgan fingerprint density at radius 3 is 1.85 bits per heavy atom. The van der Waals surface area contributed by atoms with Gasteiger partial charge < -0.3 is 10.0 Å². The molecule has 1 atom stereocenters. The quantitative estimate of drug-likeness (QED) is 0.924. The summed E-state index contributed by atoms with van der Waals surface area (Å²) in [6.45, 7) is 1.98. The van der Waals surface area contributed by atoms with Crippen molar-refractivity contribution < 1.29 is 5.11 Å². The summed E-state index contributed by atoms with van der Waals surface area (Å²) >= 11 is 0. The Labute approximate surface area is 120 Å². The van der Waals surface area contributed by atoms with E-state index in [1.54, 1.807) is 0 Å². The number of rotatable bonds is 3. The summed E-state index contributed by atoms with van der Waals surface area (Å²) in [4.78, 5) is 2.29. The van der Waals surface area contributed by atoms with Crippen molar-refractivity contribution >= 4 is 0 Å². The van der Waals surface area contributed by atoms with E-state index in [0.717, 1.165) is 30.6 Å². The fourth-order valence-electron chi connectivity index (χ4n) is 3.30. The van der Waals surface area contributed by atoms with Crippen LogP contribution in [0.3, 0.4) is 0 Å². The van der Waals surface area contributed by atoms with Gasteiger partial charge in [0, 0.05) is 12.5 Å². The standard InChI is InChI=1S/C18H21NO/c1-19-13-12-17(14-19)18(20,15-8-4-2-5-9-15)16-10-6-3-7-11-16/h2-11,17,20H,12-14H2,1H3/t17-/m1/s1. The molecule has 1 fully saturated rings. The average Bonchev–Trinajstić information content (AvgIpc) is 2.95. The first-order chi connectivity index (χ1) is 9.71. The van der Waals surface area contributed by atoms with E-state index in [4.69, 9.17) is 0 Å². The number of aliphatic hydroxyl groups is 1. The second kappa shape index (κ2) is 5.39. The number of hydrogen-bond donors (Lipinski definition) is 1. The lowest BCUT2D eigenvalue weighted by molar-refractivity contribution is 0.0209. The zero-order chi connectivity index (χ0) is 14.0. The topological polar surface area (TPSA) is 23.5 Å². The first-order valence-electron chi connectivity index (χ1n) is 7.23. The molecule has 3 rings (SSSR count). The van der Waals surface area contributed by atoms with E-state index in [9.17, 15) is 5.11 Å². The van der Waals surface area contributed by atoms with E-state index < -0.39 is 5.60 Å². The van der Waals surface area contributed by atoms with Gasteiger partial charge in [-0.3, -0.25) is 0 Å². The summed E-state index contributed by atoms with van der Waals surface area (Å²) in [5.41, 5.74) is 1.09. The third kappa shape index (κ3) is 2.26. The third-order valence-electron chi connectivity index (χ3n) is 4.41. The summed E-state index contributed by atoms with van der Waals surface area (Å²) in [7, 11) is 2.12. The van der Waals surface area contributed by atoms with Crippen molar-refractivity contribution in [2.24, 2.45) is 5.92 Å². The van der Waals surface area contributed by atoms with E-state index in [0.29, 0.717) is 0 Å². The van der Waals surface area contributed by atoms with Crippen molar-refractivity contribution in [1.29, 1.82) is 0 Å². The molecule has 1 saturated heterocycles. The van der Waals surface area contributed by atoms with Crippen LogP contribution in [0.5, 0.6) is 0 Å².